The number of hydrogen-bond donors (Lipinski definition) is 0. The van der Waals surface area contributed by atoms with Gasteiger partial charge in [-0.2, -0.15) is 0 Å². The summed E-state index contributed by atoms with van der Waals surface area (Å²) in [6.07, 6.45) is 0. The van der Waals surface area contributed by atoms with Gasteiger partial charge in [0.25, 0.3) is 0 Å². The quantitative estimate of drug-likeness (QED) is 0.404. The van der Waals surface area contributed by atoms with Crippen LogP contribution in [0.1, 0.15) is 11.1 Å². The molecule has 0 aliphatic rings. The lowest BCUT2D eigenvalue weighted by Gasteiger charge is -1.99. The fraction of sp³-hybridized carbons (Fsp3) is 0.250. The standard InChI is InChI=1S/C8H15ISi3/c9-5-7-1-3-8(4-2-7)6-11-12-10/h1-4H,5-6,11-12H2,10H3. The van der Waals surface area contributed by atoms with Gasteiger partial charge in [0.15, 0.2) is 0 Å². The molecule has 1 rings (SSSR count). The zero-order chi connectivity index (χ0) is 8.81. The van der Waals surface area contributed by atoms with Crippen molar-refractivity contribution in [2.45, 2.75) is 10.5 Å². The predicted molar refractivity (Wildman–Crippen MR) is 74.9 cm³/mol. The van der Waals surface area contributed by atoms with E-state index in [0.29, 0.717) is 17.6 Å². The zero-order valence-corrected chi connectivity index (χ0v) is 14.5. The van der Waals surface area contributed by atoms with Crippen molar-refractivity contribution in [2.75, 3.05) is 0 Å². The Balaban J connectivity index is 2.53. The molecule has 0 N–H and O–H groups in total. The van der Waals surface area contributed by atoms with Crippen LogP contribution in [0.2, 0.25) is 0 Å². The Kier molecular flexibility index (Phi) is 5.44. The molecule has 12 heavy (non-hydrogen) atoms. The van der Waals surface area contributed by atoms with E-state index in [9.17, 15) is 0 Å². The largest absolute Gasteiger partial charge is 0.0812 e. The molecule has 0 saturated heterocycles. The first-order valence-corrected chi connectivity index (χ1v) is 16.7. The van der Waals surface area contributed by atoms with Crippen molar-refractivity contribution in [2.24, 2.45) is 0 Å². The summed E-state index contributed by atoms with van der Waals surface area (Å²) in [7, 11) is 2.48. The van der Waals surface area contributed by atoms with E-state index in [2.05, 4.69) is 46.9 Å². The van der Waals surface area contributed by atoms with E-state index in [-0.39, 0.29) is 0 Å². The lowest BCUT2D eigenvalue weighted by Crippen LogP contribution is -2.06. The van der Waals surface area contributed by atoms with Crippen LogP contribution in [0, 0.1) is 0 Å². The smallest absolute Gasteiger partial charge is 0.0247 e. The maximum Gasteiger partial charge on any atom is 0.0247 e. The summed E-state index contributed by atoms with van der Waals surface area (Å²) in [5.74, 6) is 0. The van der Waals surface area contributed by atoms with Gasteiger partial charge in [0, 0.05) is 13.5 Å². The molecule has 1 aromatic carbocycles. The van der Waals surface area contributed by atoms with Crippen LogP contribution in [0.4, 0.5) is 0 Å². The van der Waals surface area contributed by atoms with Crippen molar-refractivity contribution in [1.29, 1.82) is 0 Å². The van der Waals surface area contributed by atoms with E-state index in [1.165, 1.54) is 11.6 Å². The fourth-order valence-electron chi connectivity index (χ4n) is 1.18. The molecule has 0 aromatic heterocycles. The van der Waals surface area contributed by atoms with Crippen molar-refractivity contribution in [3.05, 3.63) is 35.4 Å². The SMILES string of the molecule is [SiH3][SiH2][SiH2]Cc1ccc(CI)cc1. The van der Waals surface area contributed by atoms with Crippen LogP contribution in [-0.2, 0) is 10.5 Å². The Morgan fingerprint density at radius 2 is 1.75 bits per heavy atom. The van der Waals surface area contributed by atoms with Crippen LogP contribution in [0.15, 0.2) is 24.3 Å². The van der Waals surface area contributed by atoms with Gasteiger partial charge in [-0.05, 0) is 29.9 Å². The number of hydrogen-bond acceptors (Lipinski definition) is 0. The van der Waals surface area contributed by atoms with E-state index in [4.69, 9.17) is 0 Å². The normalized spacial score (nSPS) is 12.4. The highest BCUT2D eigenvalue weighted by Crippen LogP contribution is 2.07. The highest BCUT2D eigenvalue weighted by Gasteiger charge is 1.93. The van der Waals surface area contributed by atoms with Crippen molar-refractivity contribution < 1.29 is 0 Å². The van der Waals surface area contributed by atoms with Crippen LogP contribution in [0.5, 0.6) is 0 Å². The molecule has 0 heterocycles. The summed E-state index contributed by atoms with van der Waals surface area (Å²) in [6.45, 7) is 0. The lowest BCUT2D eigenvalue weighted by atomic mass is 10.2. The average molecular weight is 322 g/mol. The Labute approximate surface area is 95.3 Å². The van der Waals surface area contributed by atoms with E-state index in [1.54, 1.807) is 15.3 Å². The lowest BCUT2D eigenvalue weighted by molar-refractivity contribution is 1.35. The molecule has 0 spiro atoms. The molecule has 0 fully saturated rings. The maximum atomic E-state index is 2.41. The van der Waals surface area contributed by atoms with E-state index in [0.717, 1.165) is 4.43 Å². The fourth-order valence-corrected chi connectivity index (χ4v) is 8.25. The highest BCUT2D eigenvalue weighted by molar-refractivity contribution is 14.1. The summed E-state index contributed by atoms with van der Waals surface area (Å²) in [6, 6.07) is 10.7. The van der Waals surface area contributed by atoms with Crippen molar-refractivity contribution >= 4 is 49.9 Å². The van der Waals surface area contributed by atoms with Crippen molar-refractivity contribution in [1.82, 2.24) is 0 Å². The average Bonchev–Trinajstić information content (AvgIpc) is 2.15. The summed E-state index contributed by atoms with van der Waals surface area (Å²) in [4.78, 5) is 0. The van der Waals surface area contributed by atoms with Crippen LogP contribution in [0.3, 0.4) is 0 Å². The van der Waals surface area contributed by atoms with E-state index < -0.39 is 0 Å². The molecular weight excluding hydrogens is 307 g/mol. The first kappa shape index (κ1) is 10.7. The van der Waals surface area contributed by atoms with Crippen LogP contribution in [0.25, 0.3) is 0 Å². The zero-order valence-electron chi connectivity index (χ0n) is 7.52. The molecule has 0 saturated carbocycles. The molecule has 0 aliphatic carbocycles. The molecule has 0 unspecified atom stereocenters. The number of rotatable bonds is 4. The second kappa shape index (κ2) is 6.12. The number of halogens is 1. The van der Waals surface area contributed by atoms with Gasteiger partial charge in [0.1, 0.15) is 0 Å². The van der Waals surface area contributed by atoms with Gasteiger partial charge in [-0.25, -0.2) is 0 Å². The maximum absolute atomic E-state index is 2.41. The summed E-state index contributed by atoms with van der Waals surface area (Å²) in [5.41, 5.74) is 3.06. The van der Waals surface area contributed by atoms with Gasteiger partial charge in [0.2, 0.25) is 0 Å². The predicted octanol–water partition coefficient (Wildman–Crippen LogP) is -0.345. The third-order valence-corrected chi connectivity index (χ3v) is 14.1. The van der Waals surface area contributed by atoms with Crippen molar-refractivity contribution in [3.8, 4) is 0 Å². The minimum atomic E-state index is 0.404. The summed E-state index contributed by atoms with van der Waals surface area (Å²) < 4.78 is 1.14. The minimum Gasteiger partial charge on any atom is -0.0812 e. The molecule has 0 amide bonds. The monoisotopic (exact) mass is 322 g/mol. The molecule has 4 heteroatoms. The van der Waals surface area contributed by atoms with Gasteiger partial charge in [0.05, 0.1) is 0 Å². The van der Waals surface area contributed by atoms with Gasteiger partial charge in [-0.3, -0.25) is 0 Å². The second-order valence-corrected chi connectivity index (χ2v) is 20.1. The first-order chi connectivity index (χ1) is 5.86. The van der Waals surface area contributed by atoms with Crippen LogP contribution >= 0.6 is 22.6 Å². The van der Waals surface area contributed by atoms with Crippen molar-refractivity contribution in [3.63, 3.8) is 0 Å². The summed E-state index contributed by atoms with van der Waals surface area (Å²) in [5, 5.41) is 0. The van der Waals surface area contributed by atoms with Gasteiger partial charge < -0.3 is 0 Å². The van der Waals surface area contributed by atoms with Gasteiger partial charge >= 0.3 is 0 Å². The molecule has 66 valence electrons. The molecule has 0 nitrogen and oxygen atoms in total. The second-order valence-electron chi connectivity index (χ2n) is 3.05. The van der Waals surface area contributed by atoms with Gasteiger partial charge in [-0.1, -0.05) is 52.4 Å². The van der Waals surface area contributed by atoms with Crippen LogP contribution in [-0.4, -0.2) is 27.4 Å². The Hall–Kier alpha value is 0.601. The summed E-state index contributed by atoms with van der Waals surface area (Å²) >= 11 is 2.41. The van der Waals surface area contributed by atoms with Gasteiger partial charge in [-0.15, -0.1) is 0 Å². The van der Waals surface area contributed by atoms with E-state index in [1.807, 2.05) is 0 Å². The Bertz CT molecular complexity index is 222. The number of benzene rings is 1. The Morgan fingerprint density at radius 3 is 2.25 bits per heavy atom. The molecular formula is C8H15ISi3. The Morgan fingerprint density at radius 1 is 1.17 bits per heavy atom. The first-order valence-electron chi connectivity index (χ1n) is 4.50. The third kappa shape index (κ3) is 3.55. The minimum absolute atomic E-state index is 0.404. The molecule has 1 aromatic rings. The van der Waals surface area contributed by atoms with E-state index >= 15 is 0 Å². The molecule has 0 radical (unpaired) electrons. The molecule has 0 atom stereocenters. The number of alkyl halides is 1. The van der Waals surface area contributed by atoms with Crippen LogP contribution < -0.4 is 0 Å². The molecule has 0 bridgehead atoms. The topological polar surface area (TPSA) is 0 Å². The highest BCUT2D eigenvalue weighted by atomic mass is 127. The molecule has 0 aliphatic heterocycles. The third-order valence-electron chi connectivity index (χ3n) is 2.00.